The van der Waals surface area contributed by atoms with E-state index in [1.807, 2.05) is 6.26 Å². The second-order valence-electron chi connectivity index (χ2n) is 1.63. The Morgan fingerprint density at radius 3 is 2.30 bits per heavy atom. The van der Waals surface area contributed by atoms with Gasteiger partial charge in [0.25, 0.3) is 10.1 Å². The van der Waals surface area contributed by atoms with E-state index in [0.717, 1.165) is 5.75 Å². The van der Waals surface area contributed by atoms with Crippen molar-refractivity contribution in [1.29, 1.82) is 0 Å². The van der Waals surface area contributed by atoms with Crippen LogP contribution in [0.5, 0.6) is 0 Å². The summed E-state index contributed by atoms with van der Waals surface area (Å²) in [5, 5.41) is 0. The standard InChI is InChI=1S/C4H10O3S2.Na.H/c1-8-3-2-4-9(5,6)7;;/h2-4H2,1H3,(H,5,6,7);;. The van der Waals surface area contributed by atoms with Gasteiger partial charge in [0.15, 0.2) is 0 Å². The Kier molecular flexibility index (Phi) is 9.59. The molecule has 0 atom stereocenters. The molecule has 1 N–H and O–H groups in total. The molecular weight excluding hydrogens is 183 g/mol. The van der Waals surface area contributed by atoms with Crippen LogP contribution in [0, 0.1) is 0 Å². The Hall–Kier alpha value is 1.26. The van der Waals surface area contributed by atoms with E-state index in [1.165, 1.54) is 0 Å². The first-order chi connectivity index (χ1) is 4.06. The molecule has 0 bridgehead atoms. The van der Waals surface area contributed by atoms with Crippen LogP contribution in [0.2, 0.25) is 0 Å². The predicted octanol–water partition coefficient (Wildman–Crippen LogP) is -0.0212. The summed E-state index contributed by atoms with van der Waals surface area (Å²) in [6.45, 7) is 0. The van der Waals surface area contributed by atoms with Gasteiger partial charge in [0.1, 0.15) is 0 Å². The van der Waals surface area contributed by atoms with Gasteiger partial charge in [-0.2, -0.15) is 20.2 Å². The first-order valence-electron chi connectivity index (χ1n) is 2.50. The average Bonchev–Trinajstić information content (AvgIpc) is 1.63. The van der Waals surface area contributed by atoms with Gasteiger partial charge in [-0.1, -0.05) is 0 Å². The molecule has 0 radical (unpaired) electrons. The fourth-order valence-electron chi connectivity index (χ4n) is 0.386. The first kappa shape index (κ1) is 13.8. The SMILES string of the molecule is CSCCCS(=O)(=O)O.[NaH]. The second kappa shape index (κ2) is 6.94. The summed E-state index contributed by atoms with van der Waals surface area (Å²) >= 11 is 1.57. The van der Waals surface area contributed by atoms with Gasteiger partial charge in [0, 0.05) is 0 Å². The van der Waals surface area contributed by atoms with Crippen molar-refractivity contribution in [2.45, 2.75) is 6.42 Å². The van der Waals surface area contributed by atoms with Gasteiger partial charge in [-0.25, -0.2) is 0 Å². The number of hydrogen-bond donors (Lipinski definition) is 1. The van der Waals surface area contributed by atoms with Gasteiger partial charge >= 0.3 is 29.6 Å². The molecule has 0 rings (SSSR count). The number of rotatable bonds is 4. The van der Waals surface area contributed by atoms with Crippen LogP contribution in [-0.2, 0) is 10.1 Å². The van der Waals surface area contributed by atoms with E-state index in [4.69, 9.17) is 4.55 Å². The molecule has 6 heteroatoms. The molecule has 0 aromatic carbocycles. The van der Waals surface area contributed by atoms with Crippen LogP contribution in [0.1, 0.15) is 6.42 Å². The predicted molar refractivity (Wildman–Crippen MR) is 46.6 cm³/mol. The molecule has 58 valence electrons. The summed E-state index contributed by atoms with van der Waals surface area (Å²) in [7, 11) is -3.71. The Labute approximate surface area is 88.0 Å². The summed E-state index contributed by atoms with van der Waals surface area (Å²) in [6.07, 6.45) is 2.42. The van der Waals surface area contributed by atoms with E-state index in [9.17, 15) is 8.42 Å². The molecule has 0 saturated heterocycles. The molecule has 0 amide bonds. The third kappa shape index (κ3) is 12.0. The van der Waals surface area contributed by atoms with Gasteiger partial charge < -0.3 is 0 Å². The fourth-order valence-corrected chi connectivity index (χ4v) is 1.51. The quantitative estimate of drug-likeness (QED) is 0.388. The summed E-state index contributed by atoms with van der Waals surface area (Å²) in [4.78, 5) is 0. The Balaban J connectivity index is 0. The minimum atomic E-state index is -3.71. The van der Waals surface area contributed by atoms with Crippen molar-refractivity contribution in [2.24, 2.45) is 0 Å². The average molecular weight is 194 g/mol. The molecule has 3 nitrogen and oxygen atoms in total. The molecule has 0 saturated carbocycles. The zero-order valence-electron chi connectivity index (χ0n) is 5.20. The zero-order chi connectivity index (χ0) is 7.33. The molecular formula is C4H11NaO3S2. The van der Waals surface area contributed by atoms with Crippen LogP contribution in [0.25, 0.3) is 0 Å². The van der Waals surface area contributed by atoms with Gasteiger partial charge in [0.05, 0.1) is 5.75 Å². The molecule has 0 spiro atoms. The molecule has 10 heavy (non-hydrogen) atoms. The van der Waals surface area contributed by atoms with E-state index in [2.05, 4.69) is 0 Å². The normalized spacial score (nSPS) is 10.6. The molecule has 0 fully saturated rings. The van der Waals surface area contributed by atoms with Gasteiger partial charge in [0.2, 0.25) is 0 Å². The monoisotopic (exact) mass is 194 g/mol. The van der Waals surface area contributed by atoms with Crippen LogP contribution < -0.4 is 0 Å². The van der Waals surface area contributed by atoms with E-state index < -0.39 is 10.1 Å². The Morgan fingerprint density at radius 1 is 1.50 bits per heavy atom. The molecule has 0 aliphatic carbocycles. The molecule has 0 aromatic rings. The van der Waals surface area contributed by atoms with Crippen molar-refractivity contribution in [3.05, 3.63) is 0 Å². The molecule has 0 aliphatic rings. The van der Waals surface area contributed by atoms with Crippen molar-refractivity contribution in [3.8, 4) is 0 Å². The second-order valence-corrected chi connectivity index (χ2v) is 4.19. The number of hydrogen-bond acceptors (Lipinski definition) is 3. The summed E-state index contributed by atoms with van der Waals surface area (Å²) < 4.78 is 28.3. The van der Waals surface area contributed by atoms with Gasteiger partial charge in [-0.3, -0.25) is 4.55 Å². The van der Waals surface area contributed by atoms with Gasteiger partial charge in [-0.15, -0.1) is 0 Å². The summed E-state index contributed by atoms with van der Waals surface area (Å²) in [6, 6.07) is 0. The van der Waals surface area contributed by atoms with Crippen molar-refractivity contribution in [2.75, 3.05) is 17.8 Å². The maximum absolute atomic E-state index is 10.1. The van der Waals surface area contributed by atoms with Crippen LogP contribution in [0.4, 0.5) is 0 Å². The maximum atomic E-state index is 10.1. The van der Waals surface area contributed by atoms with Crippen molar-refractivity contribution < 1.29 is 13.0 Å². The van der Waals surface area contributed by atoms with E-state index in [-0.39, 0.29) is 35.3 Å². The number of thioether (sulfide) groups is 1. The fraction of sp³-hybridized carbons (Fsp3) is 1.00. The Bertz CT molecular complexity index is 154. The van der Waals surface area contributed by atoms with Crippen LogP contribution in [0.3, 0.4) is 0 Å². The molecule has 0 heterocycles. The topological polar surface area (TPSA) is 54.4 Å². The van der Waals surface area contributed by atoms with E-state index in [0.29, 0.717) is 6.42 Å². The molecule has 0 aromatic heterocycles. The van der Waals surface area contributed by atoms with E-state index >= 15 is 0 Å². The Morgan fingerprint density at radius 2 is 2.00 bits per heavy atom. The van der Waals surface area contributed by atoms with Crippen LogP contribution in [0.15, 0.2) is 0 Å². The van der Waals surface area contributed by atoms with Crippen LogP contribution in [-0.4, -0.2) is 60.3 Å². The van der Waals surface area contributed by atoms with Crippen LogP contribution >= 0.6 is 11.8 Å². The minimum absolute atomic E-state index is 0. The first-order valence-corrected chi connectivity index (χ1v) is 5.50. The third-order valence-corrected chi connectivity index (χ3v) is 2.25. The summed E-state index contributed by atoms with van der Waals surface area (Å²) in [5.41, 5.74) is 0. The zero-order valence-corrected chi connectivity index (χ0v) is 6.83. The third-order valence-electron chi connectivity index (χ3n) is 0.751. The van der Waals surface area contributed by atoms with Crippen molar-refractivity contribution in [3.63, 3.8) is 0 Å². The summed E-state index contributed by atoms with van der Waals surface area (Å²) in [5.74, 6) is 0.660. The van der Waals surface area contributed by atoms with E-state index in [1.54, 1.807) is 11.8 Å². The van der Waals surface area contributed by atoms with Gasteiger partial charge in [-0.05, 0) is 18.4 Å². The van der Waals surface area contributed by atoms with Crippen molar-refractivity contribution in [1.82, 2.24) is 0 Å². The molecule has 0 unspecified atom stereocenters. The van der Waals surface area contributed by atoms with Crippen molar-refractivity contribution >= 4 is 51.4 Å². The molecule has 0 aliphatic heterocycles.